The largest absolute Gasteiger partial charge is 0.481 e. The van der Waals surface area contributed by atoms with E-state index in [4.69, 9.17) is 0 Å². The molecule has 98 valence electrons. The Labute approximate surface area is 104 Å². The molecule has 2 atom stereocenters. The highest BCUT2D eigenvalue weighted by Crippen LogP contribution is 2.38. The van der Waals surface area contributed by atoms with Crippen LogP contribution in [0.4, 0.5) is 0 Å². The van der Waals surface area contributed by atoms with Crippen molar-refractivity contribution in [3.8, 4) is 0 Å². The molecule has 1 heterocycles. The number of carboxylic acids is 1. The van der Waals surface area contributed by atoms with Crippen molar-refractivity contribution in [3.63, 3.8) is 0 Å². The number of carboxylic acid groups (broad SMARTS) is 1. The molecule has 1 aliphatic carbocycles. The Balaban J connectivity index is 2.08. The minimum Gasteiger partial charge on any atom is -0.481 e. The molecule has 3 nitrogen and oxygen atoms in total. The molecule has 17 heavy (non-hydrogen) atoms. The molecular formula is C14H25NO2. The zero-order valence-corrected chi connectivity index (χ0v) is 11.1. The summed E-state index contributed by atoms with van der Waals surface area (Å²) in [5.74, 6) is 0.578. The summed E-state index contributed by atoms with van der Waals surface area (Å²) in [6.07, 6.45) is 5.92. The van der Waals surface area contributed by atoms with Gasteiger partial charge >= 0.3 is 5.97 Å². The molecule has 0 unspecified atom stereocenters. The van der Waals surface area contributed by atoms with Crippen molar-refractivity contribution in [2.45, 2.75) is 52.0 Å². The van der Waals surface area contributed by atoms with Gasteiger partial charge in [0.05, 0.1) is 5.92 Å². The topological polar surface area (TPSA) is 40.5 Å². The fourth-order valence-corrected chi connectivity index (χ4v) is 3.76. The molecule has 0 radical (unpaired) electrons. The molecule has 2 fully saturated rings. The van der Waals surface area contributed by atoms with E-state index < -0.39 is 5.97 Å². The smallest absolute Gasteiger partial charge is 0.308 e. The molecule has 0 aromatic heterocycles. The third-order valence-electron chi connectivity index (χ3n) is 4.36. The third kappa shape index (κ3) is 2.82. The van der Waals surface area contributed by atoms with Crippen molar-refractivity contribution in [1.82, 2.24) is 4.90 Å². The fraction of sp³-hybridized carbons (Fsp3) is 0.929. The highest BCUT2D eigenvalue weighted by molar-refractivity contribution is 5.71. The summed E-state index contributed by atoms with van der Waals surface area (Å²) in [7, 11) is 0. The molecule has 1 aliphatic heterocycles. The number of hydrogen-bond acceptors (Lipinski definition) is 2. The third-order valence-corrected chi connectivity index (χ3v) is 4.36. The molecule has 0 amide bonds. The van der Waals surface area contributed by atoms with Gasteiger partial charge in [0, 0.05) is 12.6 Å². The average Bonchev–Trinajstić information content (AvgIpc) is 2.83. The molecule has 2 aliphatic rings. The number of hydrogen-bond donors (Lipinski definition) is 1. The molecule has 0 aromatic rings. The van der Waals surface area contributed by atoms with E-state index in [9.17, 15) is 9.90 Å². The normalized spacial score (nSPS) is 31.5. The highest BCUT2D eigenvalue weighted by Gasteiger charge is 2.43. The maximum absolute atomic E-state index is 11.4. The molecule has 3 heteroatoms. The average molecular weight is 239 g/mol. The molecule has 1 N–H and O–H groups in total. The Morgan fingerprint density at radius 1 is 1.29 bits per heavy atom. The van der Waals surface area contributed by atoms with Crippen molar-refractivity contribution in [3.05, 3.63) is 0 Å². The number of aliphatic carboxylic acids is 1. The van der Waals surface area contributed by atoms with Crippen LogP contribution < -0.4 is 0 Å². The zero-order valence-electron chi connectivity index (χ0n) is 11.1. The molecule has 0 bridgehead atoms. The van der Waals surface area contributed by atoms with Crippen molar-refractivity contribution in [2.24, 2.45) is 17.8 Å². The van der Waals surface area contributed by atoms with Crippen LogP contribution in [0.15, 0.2) is 0 Å². The van der Waals surface area contributed by atoms with Crippen LogP contribution in [0.2, 0.25) is 0 Å². The van der Waals surface area contributed by atoms with Crippen LogP contribution in [-0.2, 0) is 4.79 Å². The molecular weight excluding hydrogens is 214 g/mol. The van der Waals surface area contributed by atoms with Crippen molar-refractivity contribution in [2.75, 3.05) is 13.1 Å². The highest BCUT2D eigenvalue weighted by atomic mass is 16.4. The maximum Gasteiger partial charge on any atom is 0.308 e. The predicted molar refractivity (Wildman–Crippen MR) is 67.9 cm³/mol. The second-order valence-corrected chi connectivity index (χ2v) is 6.16. The van der Waals surface area contributed by atoms with Gasteiger partial charge in [-0.25, -0.2) is 0 Å². The van der Waals surface area contributed by atoms with E-state index in [1.807, 2.05) is 0 Å². The number of likely N-dealkylation sites (tertiary alicyclic amines) is 1. The van der Waals surface area contributed by atoms with E-state index in [0.29, 0.717) is 17.9 Å². The number of carbonyl (C=O) groups is 1. The summed E-state index contributed by atoms with van der Waals surface area (Å²) < 4.78 is 0. The summed E-state index contributed by atoms with van der Waals surface area (Å²) in [5.41, 5.74) is 0. The molecule has 0 aromatic carbocycles. The van der Waals surface area contributed by atoms with E-state index in [1.54, 1.807) is 0 Å². The van der Waals surface area contributed by atoms with Gasteiger partial charge in [-0.3, -0.25) is 9.69 Å². The van der Waals surface area contributed by atoms with Crippen LogP contribution in [0.25, 0.3) is 0 Å². The summed E-state index contributed by atoms with van der Waals surface area (Å²) in [6, 6.07) is 0.317. The minimum atomic E-state index is -0.576. The Morgan fingerprint density at radius 2 is 1.94 bits per heavy atom. The van der Waals surface area contributed by atoms with Crippen LogP contribution in [0.1, 0.15) is 46.0 Å². The lowest BCUT2D eigenvalue weighted by Gasteiger charge is -2.32. The van der Waals surface area contributed by atoms with Crippen LogP contribution in [0, 0.1) is 17.8 Å². The Morgan fingerprint density at radius 3 is 2.47 bits per heavy atom. The first kappa shape index (κ1) is 12.9. The summed E-state index contributed by atoms with van der Waals surface area (Å²) >= 11 is 0. The van der Waals surface area contributed by atoms with Gasteiger partial charge in [0.1, 0.15) is 0 Å². The van der Waals surface area contributed by atoms with Crippen LogP contribution >= 0.6 is 0 Å². The minimum absolute atomic E-state index is 0.114. The molecule has 1 saturated carbocycles. The monoisotopic (exact) mass is 239 g/mol. The van der Waals surface area contributed by atoms with E-state index in [-0.39, 0.29) is 5.92 Å². The summed E-state index contributed by atoms with van der Waals surface area (Å²) in [5, 5.41) is 9.37. The zero-order chi connectivity index (χ0) is 12.4. The Kier molecular flexibility index (Phi) is 4.08. The number of rotatable bonds is 4. The predicted octanol–water partition coefficient (Wildman–Crippen LogP) is 2.61. The standard InChI is InChI=1S/C14H25NO2/c1-10(2)9-15-8-7-12(14(16)17)13(15)11-5-3-4-6-11/h10-13H,3-9H2,1-2H3,(H,16,17)/t12-,13+/m0/s1. The van der Waals surface area contributed by atoms with Crippen LogP contribution in [0.5, 0.6) is 0 Å². The van der Waals surface area contributed by atoms with Gasteiger partial charge in [0.25, 0.3) is 0 Å². The van der Waals surface area contributed by atoms with Gasteiger partial charge in [0.15, 0.2) is 0 Å². The summed E-state index contributed by atoms with van der Waals surface area (Å²) in [6.45, 7) is 6.49. The quantitative estimate of drug-likeness (QED) is 0.820. The van der Waals surface area contributed by atoms with Crippen LogP contribution in [-0.4, -0.2) is 35.1 Å². The first-order valence-electron chi connectivity index (χ1n) is 7.06. The van der Waals surface area contributed by atoms with E-state index in [2.05, 4.69) is 18.7 Å². The second kappa shape index (κ2) is 5.38. The van der Waals surface area contributed by atoms with Crippen molar-refractivity contribution < 1.29 is 9.90 Å². The maximum atomic E-state index is 11.4. The van der Waals surface area contributed by atoms with Gasteiger partial charge in [-0.05, 0) is 37.6 Å². The lowest BCUT2D eigenvalue weighted by atomic mass is 9.87. The Hall–Kier alpha value is -0.570. The molecule has 2 rings (SSSR count). The van der Waals surface area contributed by atoms with Gasteiger partial charge < -0.3 is 5.11 Å². The number of nitrogens with zero attached hydrogens (tertiary/aromatic N) is 1. The first-order valence-corrected chi connectivity index (χ1v) is 7.06. The lowest BCUT2D eigenvalue weighted by Crippen LogP contribution is -2.42. The van der Waals surface area contributed by atoms with Crippen molar-refractivity contribution >= 4 is 5.97 Å². The van der Waals surface area contributed by atoms with Gasteiger partial charge in [-0.2, -0.15) is 0 Å². The Bertz CT molecular complexity index is 271. The first-order chi connectivity index (χ1) is 8.09. The van der Waals surface area contributed by atoms with Gasteiger partial charge in [-0.1, -0.05) is 26.7 Å². The second-order valence-electron chi connectivity index (χ2n) is 6.16. The van der Waals surface area contributed by atoms with Gasteiger partial charge in [0.2, 0.25) is 0 Å². The van der Waals surface area contributed by atoms with Crippen molar-refractivity contribution in [1.29, 1.82) is 0 Å². The van der Waals surface area contributed by atoms with Gasteiger partial charge in [-0.15, -0.1) is 0 Å². The lowest BCUT2D eigenvalue weighted by molar-refractivity contribution is -0.143. The summed E-state index contributed by atoms with van der Waals surface area (Å²) in [4.78, 5) is 13.8. The molecule has 0 spiro atoms. The van der Waals surface area contributed by atoms with Crippen LogP contribution in [0.3, 0.4) is 0 Å². The SMILES string of the molecule is CC(C)CN1CC[C@H](C(=O)O)[C@H]1C1CCCC1. The van der Waals surface area contributed by atoms with E-state index in [0.717, 1.165) is 19.5 Å². The molecule has 1 saturated heterocycles. The van der Waals surface area contributed by atoms with E-state index in [1.165, 1.54) is 25.7 Å². The van der Waals surface area contributed by atoms with E-state index >= 15 is 0 Å². The fourth-order valence-electron chi connectivity index (χ4n) is 3.76.